The zero-order valence-electron chi connectivity index (χ0n) is 8.10. The van der Waals surface area contributed by atoms with Crippen LogP contribution in [0, 0.1) is 0 Å². The van der Waals surface area contributed by atoms with Crippen LogP contribution in [0.15, 0.2) is 35.1 Å². The minimum atomic E-state index is -0.265. The highest BCUT2D eigenvalue weighted by Gasteiger charge is 2.11. The molecule has 2 rings (SSSR count). The average Bonchev–Trinajstić information content (AvgIpc) is 2.78. The van der Waals surface area contributed by atoms with Crippen LogP contribution >= 0.6 is 0 Å². The van der Waals surface area contributed by atoms with Gasteiger partial charge < -0.3 is 9.84 Å². The zero-order chi connectivity index (χ0) is 10.7. The van der Waals surface area contributed by atoms with Gasteiger partial charge in [0, 0.05) is 31.1 Å². The van der Waals surface area contributed by atoms with Gasteiger partial charge in [0.1, 0.15) is 0 Å². The molecule has 5 nitrogen and oxygen atoms in total. The fraction of sp³-hybridized carbons (Fsp3) is 0.100. The Morgan fingerprint density at radius 1 is 1.40 bits per heavy atom. The number of hydrogen-bond acceptors (Lipinski definition) is 4. The first-order chi connectivity index (χ1) is 7.31. The number of hydrogen-bond donors (Lipinski definition) is 1. The van der Waals surface area contributed by atoms with Crippen LogP contribution in [0.2, 0.25) is 0 Å². The molecule has 1 amide bonds. The first-order valence-electron chi connectivity index (χ1n) is 4.40. The summed E-state index contributed by atoms with van der Waals surface area (Å²) in [5, 5.41) is 6.13. The van der Waals surface area contributed by atoms with E-state index < -0.39 is 0 Å². The van der Waals surface area contributed by atoms with Gasteiger partial charge in [-0.05, 0) is 12.1 Å². The maximum absolute atomic E-state index is 11.2. The Morgan fingerprint density at radius 3 is 2.80 bits per heavy atom. The minimum absolute atomic E-state index is 0.265. The SMILES string of the molecule is CNC(=O)c1cc(-c2ccncc2)on1. The van der Waals surface area contributed by atoms with Crippen molar-refractivity contribution in [1.29, 1.82) is 0 Å². The molecular weight excluding hydrogens is 194 g/mol. The third kappa shape index (κ3) is 1.85. The van der Waals surface area contributed by atoms with Gasteiger partial charge in [0.15, 0.2) is 11.5 Å². The quantitative estimate of drug-likeness (QED) is 0.793. The van der Waals surface area contributed by atoms with Gasteiger partial charge >= 0.3 is 0 Å². The molecule has 0 spiro atoms. The molecule has 0 aliphatic heterocycles. The molecule has 2 aromatic rings. The lowest BCUT2D eigenvalue weighted by atomic mass is 10.2. The predicted octanol–water partition coefficient (Wildman–Crippen LogP) is 1.10. The molecule has 0 atom stereocenters. The molecule has 1 N–H and O–H groups in total. The number of amides is 1. The lowest BCUT2D eigenvalue weighted by Gasteiger charge is -1.91. The predicted molar refractivity (Wildman–Crippen MR) is 53.1 cm³/mol. The molecule has 0 radical (unpaired) electrons. The summed E-state index contributed by atoms with van der Waals surface area (Å²) in [6, 6.07) is 5.16. The van der Waals surface area contributed by atoms with Crippen LogP contribution in [-0.4, -0.2) is 23.1 Å². The Hall–Kier alpha value is -2.17. The number of nitrogens with zero attached hydrogens (tertiary/aromatic N) is 2. The van der Waals surface area contributed by atoms with Crippen LogP contribution in [0.3, 0.4) is 0 Å². The van der Waals surface area contributed by atoms with Crippen molar-refractivity contribution in [1.82, 2.24) is 15.5 Å². The van der Waals surface area contributed by atoms with Crippen molar-refractivity contribution in [2.24, 2.45) is 0 Å². The van der Waals surface area contributed by atoms with E-state index in [1.54, 1.807) is 37.6 Å². The molecule has 0 aliphatic carbocycles. The molecule has 5 heteroatoms. The van der Waals surface area contributed by atoms with Gasteiger partial charge in [-0.15, -0.1) is 0 Å². The number of pyridine rings is 1. The Balaban J connectivity index is 2.32. The Labute approximate surface area is 86.1 Å². The van der Waals surface area contributed by atoms with E-state index in [-0.39, 0.29) is 11.6 Å². The van der Waals surface area contributed by atoms with Gasteiger partial charge in [-0.1, -0.05) is 5.16 Å². The summed E-state index contributed by atoms with van der Waals surface area (Å²) in [6.45, 7) is 0. The molecule has 0 saturated carbocycles. The lowest BCUT2D eigenvalue weighted by molar-refractivity contribution is 0.0954. The summed E-state index contributed by atoms with van der Waals surface area (Å²) in [7, 11) is 1.54. The molecule has 0 fully saturated rings. The van der Waals surface area contributed by atoms with Gasteiger partial charge in [0.2, 0.25) is 0 Å². The van der Waals surface area contributed by atoms with Gasteiger partial charge in [-0.2, -0.15) is 0 Å². The van der Waals surface area contributed by atoms with E-state index in [9.17, 15) is 4.79 Å². The van der Waals surface area contributed by atoms with E-state index in [0.717, 1.165) is 5.56 Å². The van der Waals surface area contributed by atoms with Gasteiger partial charge in [-0.25, -0.2) is 0 Å². The van der Waals surface area contributed by atoms with E-state index in [1.165, 1.54) is 0 Å². The van der Waals surface area contributed by atoms with Crippen molar-refractivity contribution in [3.8, 4) is 11.3 Å². The van der Waals surface area contributed by atoms with E-state index in [2.05, 4.69) is 15.5 Å². The van der Waals surface area contributed by atoms with E-state index in [0.29, 0.717) is 5.76 Å². The van der Waals surface area contributed by atoms with Crippen molar-refractivity contribution < 1.29 is 9.32 Å². The van der Waals surface area contributed by atoms with Crippen molar-refractivity contribution in [3.05, 3.63) is 36.3 Å². The summed E-state index contributed by atoms with van der Waals surface area (Å²) in [6.07, 6.45) is 3.30. The smallest absolute Gasteiger partial charge is 0.273 e. The van der Waals surface area contributed by atoms with Crippen molar-refractivity contribution in [2.45, 2.75) is 0 Å². The molecule has 0 saturated heterocycles. The Morgan fingerprint density at radius 2 is 2.13 bits per heavy atom. The Bertz CT molecular complexity index is 465. The van der Waals surface area contributed by atoms with Crippen LogP contribution in [0.1, 0.15) is 10.5 Å². The highest BCUT2D eigenvalue weighted by Crippen LogP contribution is 2.18. The van der Waals surface area contributed by atoms with E-state index in [4.69, 9.17) is 4.52 Å². The first kappa shape index (κ1) is 9.39. The molecule has 15 heavy (non-hydrogen) atoms. The second kappa shape index (κ2) is 3.91. The normalized spacial score (nSPS) is 9.93. The monoisotopic (exact) mass is 203 g/mol. The van der Waals surface area contributed by atoms with E-state index >= 15 is 0 Å². The molecule has 0 aromatic carbocycles. The first-order valence-corrected chi connectivity index (χ1v) is 4.40. The molecule has 0 bridgehead atoms. The fourth-order valence-electron chi connectivity index (χ4n) is 1.16. The summed E-state index contributed by atoms with van der Waals surface area (Å²) in [4.78, 5) is 15.1. The van der Waals surface area contributed by atoms with Crippen LogP contribution < -0.4 is 5.32 Å². The average molecular weight is 203 g/mol. The van der Waals surface area contributed by atoms with Crippen LogP contribution in [0.4, 0.5) is 0 Å². The summed E-state index contributed by atoms with van der Waals surface area (Å²) in [5.41, 5.74) is 1.11. The highest BCUT2D eigenvalue weighted by molar-refractivity contribution is 5.92. The fourth-order valence-corrected chi connectivity index (χ4v) is 1.16. The van der Waals surface area contributed by atoms with Gasteiger partial charge in [0.25, 0.3) is 5.91 Å². The van der Waals surface area contributed by atoms with Crippen LogP contribution in [-0.2, 0) is 0 Å². The molecule has 2 heterocycles. The molecule has 76 valence electrons. The third-order valence-corrected chi connectivity index (χ3v) is 1.93. The summed E-state index contributed by atoms with van der Waals surface area (Å²) < 4.78 is 5.04. The molecule has 0 unspecified atom stereocenters. The van der Waals surface area contributed by atoms with Crippen LogP contribution in [0.5, 0.6) is 0 Å². The maximum atomic E-state index is 11.2. The molecule has 0 aliphatic rings. The topological polar surface area (TPSA) is 68.0 Å². The lowest BCUT2D eigenvalue weighted by Crippen LogP contribution is -2.17. The van der Waals surface area contributed by atoms with Crippen molar-refractivity contribution in [2.75, 3.05) is 7.05 Å². The summed E-state index contributed by atoms with van der Waals surface area (Å²) in [5.74, 6) is 0.287. The number of rotatable bonds is 2. The summed E-state index contributed by atoms with van der Waals surface area (Å²) >= 11 is 0. The number of carbonyl (C=O) groups is 1. The van der Waals surface area contributed by atoms with Crippen molar-refractivity contribution >= 4 is 5.91 Å². The van der Waals surface area contributed by atoms with Gasteiger partial charge in [0.05, 0.1) is 0 Å². The maximum Gasteiger partial charge on any atom is 0.273 e. The zero-order valence-corrected chi connectivity index (χ0v) is 8.10. The molecule has 2 aromatic heterocycles. The number of aromatic nitrogens is 2. The van der Waals surface area contributed by atoms with Gasteiger partial charge in [-0.3, -0.25) is 9.78 Å². The number of nitrogens with one attached hydrogen (secondary N) is 1. The Kier molecular flexibility index (Phi) is 2.45. The highest BCUT2D eigenvalue weighted by atomic mass is 16.5. The largest absolute Gasteiger partial charge is 0.355 e. The second-order valence-electron chi connectivity index (χ2n) is 2.89. The molecular formula is C10H9N3O2. The second-order valence-corrected chi connectivity index (χ2v) is 2.89. The van der Waals surface area contributed by atoms with Crippen LogP contribution in [0.25, 0.3) is 11.3 Å². The standard InChI is InChI=1S/C10H9N3O2/c1-11-10(14)8-6-9(15-13-8)7-2-4-12-5-3-7/h2-6H,1H3,(H,11,14). The number of carbonyl (C=O) groups excluding carboxylic acids is 1. The minimum Gasteiger partial charge on any atom is -0.355 e. The van der Waals surface area contributed by atoms with E-state index in [1.807, 2.05) is 0 Å². The van der Waals surface area contributed by atoms with Crippen molar-refractivity contribution in [3.63, 3.8) is 0 Å². The third-order valence-electron chi connectivity index (χ3n) is 1.93.